The molecule has 0 aromatic carbocycles. The first kappa shape index (κ1) is 13.0. The smallest absolute Gasteiger partial charge is 0.310 e. The maximum Gasteiger partial charge on any atom is 0.310 e. The van der Waals surface area contributed by atoms with Gasteiger partial charge in [-0.15, -0.1) is 0 Å². The molecule has 2 atom stereocenters. The molecular formula is C13H18N2O3. The molecule has 0 radical (unpaired) electrons. The second-order valence-corrected chi connectivity index (χ2v) is 4.79. The summed E-state index contributed by atoms with van der Waals surface area (Å²) >= 11 is 0. The first-order chi connectivity index (χ1) is 8.50. The Labute approximate surface area is 106 Å². The number of aryl methyl sites for hydroxylation is 2. The molecule has 98 valence electrons. The molecule has 0 aliphatic carbocycles. The van der Waals surface area contributed by atoms with E-state index in [0.29, 0.717) is 6.61 Å². The summed E-state index contributed by atoms with van der Waals surface area (Å²) in [6.07, 6.45) is 0.937. The highest BCUT2D eigenvalue weighted by atomic mass is 16.5. The van der Waals surface area contributed by atoms with Gasteiger partial charge in [0.1, 0.15) is 5.82 Å². The standard InChI is InChI=1S/C13H18N2O3/c1-7(13(16)17)11-8(2)14-12(15-9(11)3)10-4-5-18-6-10/h7,10H,4-6H2,1-3H3,(H,16,17). The van der Waals surface area contributed by atoms with E-state index < -0.39 is 11.9 Å². The molecule has 1 fully saturated rings. The molecule has 1 aromatic heterocycles. The zero-order valence-electron chi connectivity index (χ0n) is 10.9. The quantitative estimate of drug-likeness (QED) is 0.885. The maximum absolute atomic E-state index is 11.1. The lowest BCUT2D eigenvalue weighted by Crippen LogP contribution is -2.15. The minimum Gasteiger partial charge on any atom is -0.481 e. The van der Waals surface area contributed by atoms with Gasteiger partial charge < -0.3 is 9.84 Å². The lowest BCUT2D eigenvalue weighted by atomic mass is 9.97. The molecule has 2 heterocycles. The lowest BCUT2D eigenvalue weighted by Gasteiger charge is -2.15. The Hall–Kier alpha value is -1.49. The van der Waals surface area contributed by atoms with Crippen molar-refractivity contribution in [3.63, 3.8) is 0 Å². The second kappa shape index (κ2) is 5.02. The van der Waals surface area contributed by atoms with E-state index in [2.05, 4.69) is 9.97 Å². The van der Waals surface area contributed by atoms with Crippen LogP contribution in [0.5, 0.6) is 0 Å². The summed E-state index contributed by atoms with van der Waals surface area (Å²) < 4.78 is 5.33. The van der Waals surface area contributed by atoms with Gasteiger partial charge in [0.25, 0.3) is 0 Å². The molecule has 0 bridgehead atoms. The highest BCUT2D eigenvalue weighted by Gasteiger charge is 2.25. The molecule has 2 rings (SSSR count). The average molecular weight is 250 g/mol. The van der Waals surface area contributed by atoms with Crippen LogP contribution in [0.25, 0.3) is 0 Å². The highest BCUT2D eigenvalue weighted by molar-refractivity contribution is 5.76. The number of nitrogens with zero attached hydrogens (tertiary/aromatic N) is 2. The van der Waals surface area contributed by atoms with Crippen LogP contribution in [0.3, 0.4) is 0 Å². The SMILES string of the molecule is Cc1nc(C2CCOC2)nc(C)c1C(C)C(=O)O. The summed E-state index contributed by atoms with van der Waals surface area (Å²) in [7, 11) is 0. The number of hydrogen-bond donors (Lipinski definition) is 1. The molecule has 5 heteroatoms. The number of carbonyl (C=O) groups is 1. The molecular weight excluding hydrogens is 232 g/mol. The van der Waals surface area contributed by atoms with E-state index in [1.165, 1.54) is 0 Å². The first-order valence-corrected chi connectivity index (χ1v) is 6.16. The number of ether oxygens (including phenoxy) is 1. The number of rotatable bonds is 3. The Morgan fingerprint density at radius 3 is 2.44 bits per heavy atom. The van der Waals surface area contributed by atoms with Gasteiger partial charge in [-0.2, -0.15) is 0 Å². The summed E-state index contributed by atoms with van der Waals surface area (Å²) in [5, 5.41) is 9.09. The molecule has 18 heavy (non-hydrogen) atoms. The summed E-state index contributed by atoms with van der Waals surface area (Å²) in [5.41, 5.74) is 2.25. The molecule has 2 unspecified atom stereocenters. The van der Waals surface area contributed by atoms with Crippen LogP contribution in [0.4, 0.5) is 0 Å². The van der Waals surface area contributed by atoms with Crippen molar-refractivity contribution in [1.82, 2.24) is 9.97 Å². The van der Waals surface area contributed by atoms with E-state index in [4.69, 9.17) is 9.84 Å². The molecule has 1 aliphatic heterocycles. The minimum absolute atomic E-state index is 0.247. The first-order valence-electron chi connectivity index (χ1n) is 6.16. The Morgan fingerprint density at radius 2 is 2.00 bits per heavy atom. The third kappa shape index (κ3) is 2.36. The van der Waals surface area contributed by atoms with Gasteiger partial charge in [0.2, 0.25) is 0 Å². The molecule has 1 aromatic rings. The molecule has 0 saturated carbocycles. The molecule has 1 N–H and O–H groups in total. The fourth-order valence-electron chi connectivity index (χ4n) is 2.42. The third-order valence-corrected chi connectivity index (χ3v) is 3.44. The van der Waals surface area contributed by atoms with Crippen LogP contribution in [0.15, 0.2) is 0 Å². The van der Waals surface area contributed by atoms with Gasteiger partial charge in [-0.05, 0) is 27.2 Å². The Kier molecular flexibility index (Phi) is 3.61. The predicted octanol–water partition coefficient (Wildman–Crippen LogP) is 1.79. The van der Waals surface area contributed by atoms with Crippen molar-refractivity contribution in [2.45, 2.75) is 39.0 Å². The van der Waals surface area contributed by atoms with Gasteiger partial charge in [0, 0.05) is 29.5 Å². The van der Waals surface area contributed by atoms with Gasteiger partial charge in [-0.1, -0.05) is 0 Å². The Bertz CT molecular complexity index is 444. The van der Waals surface area contributed by atoms with E-state index in [0.717, 1.165) is 35.8 Å². The van der Waals surface area contributed by atoms with E-state index >= 15 is 0 Å². The van der Waals surface area contributed by atoms with Crippen molar-refractivity contribution >= 4 is 5.97 Å². The molecule has 1 aliphatic rings. The van der Waals surface area contributed by atoms with Crippen LogP contribution in [-0.4, -0.2) is 34.3 Å². The normalized spacial score (nSPS) is 20.9. The van der Waals surface area contributed by atoms with Crippen molar-refractivity contribution < 1.29 is 14.6 Å². The zero-order chi connectivity index (χ0) is 13.3. The molecule has 0 spiro atoms. The van der Waals surface area contributed by atoms with E-state index in [1.54, 1.807) is 6.92 Å². The fourth-order valence-corrected chi connectivity index (χ4v) is 2.42. The van der Waals surface area contributed by atoms with Gasteiger partial charge in [0.15, 0.2) is 0 Å². The van der Waals surface area contributed by atoms with Crippen LogP contribution < -0.4 is 0 Å². The summed E-state index contributed by atoms with van der Waals surface area (Å²) in [6.45, 7) is 6.77. The van der Waals surface area contributed by atoms with Crippen molar-refractivity contribution in [2.75, 3.05) is 13.2 Å². The van der Waals surface area contributed by atoms with Crippen LogP contribution >= 0.6 is 0 Å². The van der Waals surface area contributed by atoms with Crippen LogP contribution in [0, 0.1) is 13.8 Å². The Morgan fingerprint density at radius 1 is 1.39 bits per heavy atom. The number of aliphatic carboxylic acids is 1. The third-order valence-electron chi connectivity index (χ3n) is 3.44. The van der Waals surface area contributed by atoms with Gasteiger partial charge in [-0.25, -0.2) is 9.97 Å². The lowest BCUT2D eigenvalue weighted by molar-refractivity contribution is -0.138. The van der Waals surface area contributed by atoms with E-state index in [9.17, 15) is 4.79 Å². The molecule has 1 saturated heterocycles. The second-order valence-electron chi connectivity index (χ2n) is 4.79. The maximum atomic E-state index is 11.1. The average Bonchev–Trinajstić information content (AvgIpc) is 2.80. The van der Waals surface area contributed by atoms with Crippen molar-refractivity contribution in [1.29, 1.82) is 0 Å². The van der Waals surface area contributed by atoms with Crippen LogP contribution in [-0.2, 0) is 9.53 Å². The van der Waals surface area contributed by atoms with E-state index in [-0.39, 0.29) is 5.92 Å². The number of aromatic nitrogens is 2. The molecule has 0 amide bonds. The summed E-state index contributed by atoms with van der Waals surface area (Å²) in [4.78, 5) is 20.0. The van der Waals surface area contributed by atoms with Crippen LogP contribution in [0.1, 0.15) is 48.0 Å². The molecule has 5 nitrogen and oxygen atoms in total. The van der Waals surface area contributed by atoms with Crippen LogP contribution in [0.2, 0.25) is 0 Å². The number of hydrogen-bond acceptors (Lipinski definition) is 4. The number of carboxylic acid groups (broad SMARTS) is 1. The monoisotopic (exact) mass is 250 g/mol. The Balaban J connectivity index is 2.37. The van der Waals surface area contributed by atoms with Gasteiger partial charge in [-0.3, -0.25) is 4.79 Å². The van der Waals surface area contributed by atoms with Crippen molar-refractivity contribution in [3.8, 4) is 0 Å². The van der Waals surface area contributed by atoms with Gasteiger partial charge >= 0.3 is 5.97 Å². The summed E-state index contributed by atoms with van der Waals surface area (Å²) in [5.74, 6) is -0.388. The highest BCUT2D eigenvalue weighted by Crippen LogP contribution is 2.26. The summed E-state index contributed by atoms with van der Waals surface area (Å²) in [6, 6.07) is 0. The van der Waals surface area contributed by atoms with Crippen molar-refractivity contribution in [3.05, 3.63) is 22.8 Å². The topological polar surface area (TPSA) is 72.3 Å². The largest absolute Gasteiger partial charge is 0.481 e. The fraction of sp³-hybridized carbons (Fsp3) is 0.615. The number of carboxylic acids is 1. The van der Waals surface area contributed by atoms with Crippen molar-refractivity contribution in [2.24, 2.45) is 0 Å². The minimum atomic E-state index is -0.846. The predicted molar refractivity (Wildman–Crippen MR) is 65.7 cm³/mol. The van der Waals surface area contributed by atoms with E-state index in [1.807, 2.05) is 13.8 Å². The van der Waals surface area contributed by atoms with Gasteiger partial charge in [0.05, 0.1) is 12.5 Å². The zero-order valence-corrected chi connectivity index (χ0v) is 10.9.